The van der Waals surface area contributed by atoms with Crippen LogP contribution in [0.2, 0.25) is 0 Å². The third-order valence-corrected chi connectivity index (χ3v) is 4.49. The van der Waals surface area contributed by atoms with E-state index in [1.165, 1.54) is 5.69 Å². The summed E-state index contributed by atoms with van der Waals surface area (Å²) in [6.07, 6.45) is 5.38. The number of nitrogens with one attached hydrogen (secondary N) is 1. The SMILES string of the molecule is CC(C)NCc1c(Sc2ccncn2)nc2sccn12. The molecule has 0 aromatic carbocycles. The first-order valence-corrected chi connectivity index (χ1v) is 8.05. The molecule has 3 heterocycles. The van der Waals surface area contributed by atoms with Gasteiger partial charge in [0.2, 0.25) is 0 Å². The average Bonchev–Trinajstić information content (AvgIpc) is 2.99. The van der Waals surface area contributed by atoms with Crippen LogP contribution in [-0.4, -0.2) is 25.4 Å². The van der Waals surface area contributed by atoms with Crippen molar-refractivity contribution in [1.82, 2.24) is 24.7 Å². The third-order valence-electron chi connectivity index (χ3n) is 2.76. The maximum atomic E-state index is 4.69. The van der Waals surface area contributed by atoms with E-state index in [9.17, 15) is 0 Å². The number of hydrogen-bond donors (Lipinski definition) is 1. The van der Waals surface area contributed by atoms with E-state index >= 15 is 0 Å². The van der Waals surface area contributed by atoms with Crippen molar-refractivity contribution in [3.63, 3.8) is 0 Å². The smallest absolute Gasteiger partial charge is 0.194 e. The van der Waals surface area contributed by atoms with Crippen molar-refractivity contribution < 1.29 is 0 Å². The number of thiazole rings is 1. The highest BCUT2D eigenvalue weighted by atomic mass is 32.2. The zero-order valence-electron chi connectivity index (χ0n) is 11.3. The van der Waals surface area contributed by atoms with Crippen LogP contribution in [0, 0.1) is 0 Å². The molecule has 104 valence electrons. The van der Waals surface area contributed by atoms with E-state index in [2.05, 4.69) is 50.1 Å². The van der Waals surface area contributed by atoms with E-state index in [4.69, 9.17) is 0 Å². The highest BCUT2D eigenvalue weighted by Gasteiger charge is 2.15. The zero-order chi connectivity index (χ0) is 13.9. The van der Waals surface area contributed by atoms with Gasteiger partial charge in [0.1, 0.15) is 16.4 Å². The van der Waals surface area contributed by atoms with Gasteiger partial charge in [0, 0.05) is 30.4 Å². The minimum absolute atomic E-state index is 0.441. The largest absolute Gasteiger partial charge is 0.309 e. The Labute approximate surface area is 125 Å². The fourth-order valence-corrected chi connectivity index (χ4v) is 3.43. The van der Waals surface area contributed by atoms with Crippen LogP contribution in [0.3, 0.4) is 0 Å². The molecule has 5 nitrogen and oxygen atoms in total. The van der Waals surface area contributed by atoms with Gasteiger partial charge in [-0.3, -0.25) is 4.40 Å². The number of aromatic nitrogens is 4. The van der Waals surface area contributed by atoms with Crippen LogP contribution in [-0.2, 0) is 6.54 Å². The Morgan fingerprint density at radius 2 is 2.35 bits per heavy atom. The molecular weight excluding hydrogens is 290 g/mol. The van der Waals surface area contributed by atoms with Crippen LogP contribution in [0.1, 0.15) is 19.5 Å². The van der Waals surface area contributed by atoms with Crippen LogP contribution >= 0.6 is 23.1 Å². The summed E-state index contributed by atoms with van der Waals surface area (Å²) in [5.74, 6) is 0. The lowest BCUT2D eigenvalue weighted by molar-refractivity contribution is 0.574. The van der Waals surface area contributed by atoms with Crippen molar-refractivity contribution in [3.05, 3.63) is 35.9 Å². The molecule has 0 spiro atoms. The molecule has 0 aliphatic carbocycles. The molecule has 0 aliphatic rings. The highest BCUT2D eigenvalue weighted by molar-refractivity contribution is 7.99. The summed E-state index contributed by atoms with van der Waals surface area (Å²) in [7, 11) is 0. The zero-order valence-corrected chi connectivity index (χ0v) is 12.9. The molecule has 0 bridgehead atoms. The van der Waals surface area contributed by atoms with Crippen LogP contribution < -0.4 is 5.32 Å². The average molecular weight is 305 g/mol. The van der Waals surface area contributed by atoms with Crippen molar-refractivity contribution in [2.24, 2.45) is 0 Å². The third kappa shape index (κ3) is 2.84. The first-order chi connectivity index (χ1) is 9.74. The Morgan fingerprint density at radius 3 is 3.10 bits per heavy atom. The Morgan fingerprint density at radius 1 is 1.45 bits per heavy atom. The summed E-state index contributed by atoms with van der Waals surface area (Å²) >= 11 is 3.22. The minimum Gasteiger partial charge on any atom is -0.309 e. The molecule has 0 aliphatic heterocycles. The Kier molecular flexibility index (Phi) is 4.00. The number of hydrogen-bond acceptors (Lipinski definition) is 6. The highest BCUT2D eigenvalue weighted by Crippen LogP contribution is 2.30. The van der Waals surface area contributed by atoms with Crippen molar-refractivity contribution in [1.29, 1.82) is 0 Å². The molecule has 0 amide bonds. The second-order valence-corrected chi connectivity index (χ2v) is 6.49. The Balaban J connectivity index is 1.92. The standard InChI is InChI=1S/C13H15N5S2/c1-9(2)15-7-10-12(17-13-18(10)5-6-19-13)20-11-3-4-14-8-16-11/h3-6,8-9,15H,7H2,1-2H3. The Bertz CT molecular complexity index is 689. The lowest BCUT2D eigenvalue weighted by atomic mass is 10.3. The number of rotatable bonds is 5. The van der Waals surface area contributed by atoms with Gasteiger partial charge < -0.3 is 5.32 Å². The second-order valence-electron chi connectivity index (χ2n) is 4.60. The van der Waals surface area contributed by atoms with E-state index in [1.54, 1.807) is 35.6 Å². The van der Waals surface area contributed by atoms with Gasteiger partial charge in [-0.15, -0.1) is 11.3 Å². The summed E-state index contributed by atoms with van der Waals surface area (Å²) in [4.78, 5) is 13.9. The van der Waals surface area contributed by atoms with Crippen molar-refractivity contribution in [3.8, 4) is 0 Å². The van der Waals surface area contributed by atoms with Crippen LogP contribution in [0.4, 0.5) is 0 Å². The lowest BCUT2D eigenvalue weighted by Gasteiger charge is -2.08. The first kappa shape index (κ1) is 13.5. The molecule has 3 rings (SSSR count). The van der Waals surface area contributed by atoms with E-state index in [0.29, 0.717) is 6.04 Å². The molecule has 0 radical (unpaired) electrons. The molecule has 3 aromatic rings. The quantitative estimate of drug-likeness (QED) is 0.735. The summed E-state index contributed by atoms with van der Waals surface area (Å²) in [5, 5.41) is 7.43. The predicted octanol–water partition coefficient (Wildman–Crippen LogP) is 2.84. The summed E-state index contributed by atoms with van der Waals surface area (Å²) in [6.45, 7) is 5.08. The van der Waals surface area contributed by atoms with Gasteiger partial charge in [-0.25, -0.2) is 15.0 Å². The summed E-state index contributed by atoms with van der Waals surface area (Å²) < 4.78 is 2.14. The van der Waals surface area contributed by atoms with Gasteiger partial charge >= 0.3 is 0 Å². The van der Waals surface area contributed by atoms with E-state index in [0.717, 1.165) is 21.6 Å². The van der Waals surface area contributed by atoms with Gasteiger partial charge in [0.15, 0.2) is 4.96 Å². The van der Waals surface area contributed by atoms with Gasteiger partial charge in [0.05, 0.1) is 5.69 Å². The molecule has 0 unspecified atom stereocenters. The van der Waals surface area contributed by atoms with E-state index in [1.807, 2.05) is 6.07 Å². The molecule has 0 saturated carbocycles. The lowest BCUT2D eigenvalue weighted by Crippen LogP contribution is -2.22. The van der Waals surface area contributed by atoms with Crippen molar-refractivity contribution >= 4 is 28.1 Å². The number of fused-ring (bicyclic) bond motifs is 1. The molecule has 3 aromatic heterocycles. The van der Waals surface area contributed by atoms with Crippen LogP contribution in [0.5, 0.6) is 0 Å². The second kappa shape index (κ2) is 5.90. The molecule has 0 atom stereocenters. The van der Waals surface area contributed by atoms with Gasteiger partial charge in [-0.05, 0) is 17.8 Å². The van der Waals surface area contributed by atoms with E-state index in [-0.39, 0.29) is 0 Å². The molecule has 1 N–H and O–H groups in total. The predicted molar refractivity (Wildman–Crippen MR) is 81.2 cm³/mol. The van der Waals surface area contributed by atoms with Gasteiger partial charge in [0.25, 0.3) is 0 Å². The van der Waals surface area contributed by atoms with Gasteiger partial charge in [-0.2, -0.15) is 0 Å². The normalized spacial score (nSPS) is 11.6. The summed E-state index contributed by atoms with van der Waals surface area (Å²) in [6, 6.07) is 2.34. The van der Waals surface area contributed by atoms with E-state index < -0.39 is 0 Å². The minimum atomic E-state index is 0.441. The van der Waals surface area contributed by atoms with Crippen LogP contribution in [0.15, 0.2) is 40.2 Å². The first-order valence-electron chi connectivity index (χ1n) is 6.35. The maximum Gasteiger partial charge on any atom is 0.194 e. The fourth-order valence-electron chi connectivity index (χ4n) is 1.79. The Hall–Kier alpha value is -1.44. The van der Waals surface area contributed by atoms with Crippen LogP contribution in [0.25, 0.3) is 4.96 Å². The van der Waals surface area contributed by atoms with Gasteiger partial charge in [-0.1, -0.05) is 13.8 Å². The van der Waals surface area contributed by atoms with Crippen molar-refractivity contribution in [2.75, 3.05) is 0 Å². The number of imidazole rings is 1. The molecule has 20 heavy (non-hydrogen) atoms. The summed E-state index contributed by atoms with van der Waals surface area (Å²) in [5.41, 5.74) is 1.18. The molecular formula is C13H15N5S2. The van der Waals surface area contributed by atoms with Crippen molar-refractivity contribution in [2.45, 2.75) is 36.5 Å². The monoisotopic (exact) mass is 305 g/mol. The maximum absolute atomic E-state index is 4.69. The topological polar surface area (TPSA) is 55.1 Å². The molecule has 0 fully saturated rings. The number of nitrogens with zero attached hydrogens (tertiary/aromatic N) is 4. The molecule has 0 saturated heterocycles. The fraction of sp³-hybridized carbons (Fsp3) is 0.308. The molecule has 7 heteroatoms.